The molecule has 5 heteroatoms. The van der Waals surface area contributed by atoms with Gasteiger partial charge in [0.15, 0.2) is 0 Å². The Balaban J connectivity index is 2.14. The van der Waals surface area contributed by atoms with Crippen molar-refractivity contribution >= 4 is 11.6 Å². The van der Waals surface area contributed by atoms with E-state index in [4.69, 9.17) is 11.6 Å². The molecule has 2 N–H and O–H groups in total. The Morgan fingerprint density at radius 2 is 1.76 bits per heavy atom. The highest BCUT2D eigenvalue weighted by Crippen LogP contribution is 2.29. The SMILES string of the molecule is O=c1nc(-c2ccc(O)c(Cl)c2)cc(-c2ccccc2)[nH]1. The van der Waals surface area contributed by atoms with Gasteiger partial charge in [-0.3, -0.25) is 0 Å². The maximum atomic E-state index is 11.8. The average Bonchev–Trinajstić information content (AvgIpc) is 2.50. The number of halogens is 1. The lowest BCUT2D eigenvalue weighted by atomic mass is 10.1. The average molecular weight is 299 g/mol. The monoisotopic (exact) mass is 298 g/mol. The highest BCUT2D eigenvalue weighted by atomic mass is 35.5. The van der Waals surface area contributed by atoms with E-state index < -0.39 is 5.69 Å². The summed E-state index contributed by atoms with van der Waals surface area (Å²) in [5.74, 6) is -0.00598. The minimum Gasteiger partial charge on any atom is -0.506 e. The topological polar surface area (TPSA) is 66.0 Å². The Labute approximate surface area is 125 Å². The molecule has 1 aromatic heterocycles. The standard InChI is InChI=1S/C16H11ClN2O2/c17-12-8-11(6-7-15(12)20)14-9-13(18-16(21)19-14)10-4-2-1-3-5-10/h1-9,20H,(H,18,19,21). The van der Waals surface area contributed by atoms with Crippen molar-refractivity contribution in [1.29, 1.82) is 0 Å². The fraction of sp³-hybridized carbons (Fsp3) is 0. The van der Waals surface area contributed by atoms with Crippen molar-refractivity contribution < 1.29 is 5.11 Å². The number of aromatic hydroxyl groups is 1. The number of hydrogen-bond acceptors (Lipinski definition) is 3. The second-order valence-electron chi connectivity index (χ2n) is 4.52. The quantitative estimate of drug-likeness (QED) is 0.761. The summed E-state index contributed by atoms with van der Waals surface area (Å²) in [6.45, 7) is 0. The molecule has 0 saturated heterocycles. The first-order chi connectivity index (χ1) is 10.1. The number of benzene rings is 2. The fourth-order valence-corrected chi connectivity index (χ4v) is 2.23. The minimum atomic E-state index is -0.435. The van der Waals surface area contributed by atoms with E-state index in [1.165, 1.54) is 6.07 Å². The predicted octanol–water partition coefficient (Wildman–Crippen LogP) is 3.46. The molecular formula is C16H11ClN2O2. The number of aromatic nitrogens is 2. The number of phenols is 1. The van der Waals surface area contributed by atoms with Crippen LogP contribution in [-0.2, 0) is 0 Å². The first-order valence-electron chi connectivity index (χ1n) is 6.29. The summed E-state index contributed by atoms with van der Waals surface area (Å²) in [5, 5.41) is 9.68. The van der Waals surface area contributed by atoms with Crippen molar-refractivity contribution in [3.63, 3.8) is 0 Å². The number of nitrogens with zero attached hydrogens (tertiary/aromatic N) is 1. The molecule has 2 aromatic carbocycles. The van der Waals surface area contributed by atoms with Crippen LogP contribution in [0.3, 0.4) is 0 Å². The van der Waals surface area contributed by atoms with E-state index in [0.717, 1.165) is 5.56 Å². The van der Waals surface area contributed by atoms with E-state index in [0.29, 0.717) is 17.0 Å². The van der Waals surface area contributed by atoms with Gasteiger partial charge in [0.05, 0.1) is 16.4 Å². The summed E-state index contributed by atoms with van der Waals surface area (Å²) in [7, 11) is 0. The Kier molecular flexibility index (Phi) is 3.46. The smallest absolute Gasteiger partial charge is 0.345 e. The van der Waals surface area contributed by atoms with E-state index in [1.807, 2.05) is 30.3 Å². The van der Waals surface area contributed by atoms with E-state index >= 15 is 0 Å². The van der Waals surface area contributed by atoms with Crippen LogP contribution in [0, 0.1) is 0 Å². The number of H-pyrrole nitrogens is 1. The van der Waals surface area contributed by atoms with Crippen molar-refractivity contribution in [2.24, 2.45) is 0 Å². The van der Waals surface area contributed by atoms with E-state index in [2.05, 4.69) is 9.97 Å². The summed E-state index contributed by atoms with van der Waals surface area (Å²) < 4.78 is 0. The normalized spacial score (nSPS) is 10.5. The second-order valence-corrected chi connectivity index (χ2v) is 4.92. The third kappa shape index (κ3) is 2.80. The third-order valence-electron chi connectivity index (χ3n) is 3.07. The van der Waals surface area contributed by atoms with Crippen LogP contribution in [0.2, 0.25) is 5.02 Å². The van der Waals surface area contributed by atoms with E-state index in [1.54, 1.807) is 18.2 Å². The molecule has 0 aliphatic carbocycles. The molecule has 0 spiro atoms. The molecule has 3 aromatic rings. The molecule has 104 valence electrons. The van der Waals surface area contributed by atoms with Gasteiger partial charge in [0, 0.05) is 5.56 Å². The zero-order valence-corrected chi connectivity index (χ0v) is 11.6. The van der Waals surface area contributed by atoms with Crippen LogP contribution in [0.1, 0.15) is 0 Å². The summed E-state index contributed by atoms with van der Waals surface area (Å²) in [5.41, 5.74) is 2.30. The third-order valence-corrected chi connectivity index (χ3v) is 3.38. The Hall–Kier alpha value is -2.59. The largest absolute Gasteiger partial charge is 0.506 e. The first kappa shape index (κ1) is 13.4. The number of aromatic amines is 1. The summed E-state index contributed by atoms with van der Waals surface area (Å²) in [6.07, 6.45) is 0. The number of nitrogens with one attached hydrogen (secondary N) is 1. The number of rotatable bonds is 2. The minimum absolute atomic E-state index is 0.00598. The first-order valence-corrected chi connectivity index (χ1v) is 6.67. The maximum absolute atomic E-state index is 11.8. The zero-order valence-electron chi connectivity index (χ0n) is 10.9. The predicted molar refractivity (Wildman–Crippen MR) is 82.4 cm³/mol. The van der Waals surface area contributed by atoms with Crippen LogP contribution >= 0.6 is 11.6 Å². The van der Waals surface area contributed by atoms with Gasteiger partial charge >= 0.3 is 5.69 Å². The number of phenolic OH excluding ortho intramolecular Hbond substituents is 1. The molecule has 0 fully saturated rings. The van der Waals surface area contributed by atoms with Crippen LogP contribution in [0.25, 0.3) is 22.5 Å². The molecule has 21 heavy (non-hydrogen) atoms. The lowest BCUT2D eigenvalue weighted by Crippen LogP contribution is -2.11. The van der Waals surface area contributed by atoms with Crippen molar-refractivity contribution in [3.8, 4) is 28.3 Å². The van der Waals surface area contributed by atoms with Crippen LogP contribution < -0.4 is 5.69 Å². The van der Waals surface area contributed by atoms with Gasteiger partial charge in [-0.1, -0.05) is 41.9 Å². The lowest BCUT2D eigenvalue weighted by Gasteiger charge is -2.06. The highest BCUT2D eigenvalue weighted by Gasteiger charge is 2.07. The molecule has 0 bridgehead atoms. The van der Waals surface area contributed by atoms with Crippen LogP contribution in [-0.4, -0.2) is 15.1 Å². The second kappa shape index (κ2) is 5.42. The molecule has 0 atom stereocenters. The molecule has 3 rings (SSSR count). The fourth-order valence-electron chi connectivity index (χ4n) is 2.04. The maximum Gasteiger partial charge on any atom is 0.345 e. The van der Waals surface area contributed by atoms with Gasteiger partial charge in [0.25, 0.3) is 0 Å². The molecule has 4 nitrogen and oxygen atoms in total. The summed E-state index contributed by atoms with van der Waals surface area (Å²) >= 11 is 5.90. The van der Waals surface area contributed by atoms with Gasteiger partial charge in [-0.2, -0.15) is 4.98 Å². The van der Waals surface area contributed by atoms with Crippen molar-refractivity contribution in [1.82, 2.24) is 9.97 Å². The molecular weight excluding hydrogens is 288 g/mol. The van der Waals surface area contributed by atoms with Gasteiger partial charge in [-0.15, -0.1) is 0 Å². The molecule has 0 saturated carbocycles. The van der Waals surface area contributed by atoms with Crippen LogP contribution in [0.5, 0.6) is 5.75 Å². The summed E-state index contributed by atoms with van der Waals surface area (Å²) in [6, 6.07) is 16.0. The Bertz CT molecular complexity index is 844. The molecule has 0 unspecified atom stereocenters. The Morgan fingerprint density at radius 3 is 2.48 bits per heavy atom. The number of hydrogen-bond donors (Lipinski definition) is 2. The molecule has 0 radical (unpaired) electrons. The Morgan fingerprint density at radius 1 is 1.00 bits per heavy atom. The van der Waals surface area contributed by atoms with Crippen molar-refractivity contribution in [2.45, 2.75) is 0 Å². The summed E-state index contributed by atoms with van der Waals surface area (Å²) in [4.78, 5) is 18.4. The lowest BCUT2D eigenvalue weighted by molar-refractivity contribution is 0.475. The molecule has 0 amide bonds. The van der Waals surface area contributed by atoms with E-state index in [9.17, 15) is 9.90 Å². The molecule has 1 heterocycles. The zero-order chi connectivity index (χ0) is 14.8. The van der Waals surface area contributed by atoms with Gasteiger partial charge in [0.1, 0.15) is 5.75 Å². The van der Waals surface area contributed by atoms with Crippen molar-refractivity contribution in [3.05, 3.63) is 70.1 Å². The molecule has 0 aliphatic rings. The van der Waals surface area contributed by atoms with Crippen LogP contribution in [0.15, 0.2) is 59.4 Å². The van der Waals surface area contributed by atoms with Gasteiger partial charge < -0.3 is 10.1 Å². The van der Waals surface area contributed by atoms with Crippen molar-refractivity contribution in [2.75, 3.05) is 0 Å². The highest BCUT2D eigenvalue weighted by molar-refractivity contribution is 6.32. The van der Waals surface area contributed by atoms with E-state index in [-0.39, 0.29) is 10.8 Å². The van der Waals surface area contributed by atoms with Gasteiger partial charge in [-0.05, 0) is 29.8 Å². The van der Waals surface area contributed by atoms with Crippen LogP contribution in [0.4, 0.5) is 0 Å². The molecule has 0 aliphatic heterocycles. The van der Waals surface area contributed by atoms with Gasteiger partial charge in [-0.25, -0.2) is 4.79 Å². The van der Waals surface area contributed by atoms with Gasteiger partial charge in [0.2, 0.25) is 0 Å².